The molecule has 0 spiro atoms. The minimum atomic E-state index is -4.57. The summed E-state index contributed by atoms with van der Waals surface area (Å²) >= 11 is 0.948. The second kappa shape index (κ2) is 21.1. The Labute approximate surface area is 425 Å². The monoisotopic (exact) mass is 1010 g/mol. The van der Waals surface area contributed by atoms with Gasteiger partial charge in [0.05, 0.1) is 26.9 Å². The number of nitrogens with one attached hydrogen (secondary N) is 1. The molecule has 4 aliphatic carbocycles. The number of aromatic amines is 1. The average molecular weight is 1010 g/mol. The minimum Gasteiger partial charge on any atom is -0.770 e. The van der Waals surface area contributed by atoms with Crippen LogP contribution in [0.4, 0.5) is 0 Å². The van der Waals surface area contributed by atoms with Gasteiger partial charge in [0.25, 0.3) is 5.56 Å². The number of fused-ring (bicyclic) bond motifs is 5. The fourth-order valence-corrected chi connectivity index (χ4v) is 17.9. The van der Waals surface area contributed by atoms with E-state index in [-0.39, 0.29) is 23.7 Å². The predicted molar refractivity (Wildman–Crippen MR) is 280 cm³/mol. The van der Waals surface area contributed by atoms with Crippen molar-refractivity contribution in [3.05, 3.63) is 140 Å². The molecule has 1 aliphatic heterocycles. The van der Waals surface area contributed by atoms with Crippen molar-refractivity contribution in [1.82, 2.24) is 9.55 Å². The van der Waals surface area contributed by atoms with Crippen molar-refractivity contribution in [2.75, 3.05) is 20.8 Å². The summed E-state index contributed by atoms with van der Waals surface area (Å²) in [6.45, 7) is 9.26. The number of nitrogens with zero attached hydrogens (tertiary/aromatic N) is 1. The van der Waals surface area contributed by atoms with Gasteiger partial charge in [0.2, 0.25) is 0 Å². The molecule has 71 heavy (non-hydrogen) atoms. The molecule has 13 heteroatoms. The Kier molecular flexibility index (Phi) is 15.5. The van der Waals surface area contributed by atoms with Crippen LogP contribution in [-0.4, -0.2) is 47.8 Å². The largest absolute Gasteiger partial charge is 0.770 e. The van der Waals surface area contributed by atoms with E-state index in [1.54, 1.807) is 21.1 Å². The van der Waals surface area contributed by atoms with E-state index in [1.807, 2.05) is 78.9 Å². The lowest BCUT2D eigenvalue weighted by Gasteiger charge is -2.58. The standard InChI is InChI=1S/C58H77N2O9PS/c1-37(2)13-12-14-38(3)48-27-28-49-47-26-21-43-33-46(29-31-56(43,5)50(47)30-32-57(48,49)6)71-70(63,64)69-51-34-53(60-35-39(4)54(61)59-55(60)62)68-52(51)36-67-58(40-15-10-9-11-16-40,41-17-22-44(65-7)23-18-41)42-19-24-45(66-8)25-20-42/h9-11,15-25,35,37-38,46-53H,12-14,26-34,36H2,1-8H3,(H,63,64)(H,59,61,62)/p-1/t38-,46+,47+,48-,49+,50+,51+,52-,53-,56+,57-/m1/s1. The molecule has 4 aromatic rings. The third-order valence-corrected chi connectivity index (χ3v) is 21.5. The van der Waals surface area contributed by atoms with Crippen molar-refractivity contribution >= 4 is 18.2 Å². The van der Waals surface area contributed by atoms with Gasteiger partial charge >= 0.3 is 5.69 Å². The lowest BCUT2D eigenvalue weighted by molar-refractivity contribution is -0.196. The maximum Gasteiger partial charge on any atom is 0.330 e. The van der Waals surface area contributed by atoms with Gasteiger partial charge in [-0.2, -0.15) is 0 Å². The van der Waals surface area contributed by atoms with Gasteiger partial charge in [0, 0.05) is 23.4 Å². The molecule has 11 nitrogen and oxygen atoms in total. The third kappa shape index (κ3) is 10.3. The number of hydrogen-bond donors (Lipinski definition) is 1. The molecule has 1 N–H and O–H groups in total. The van der Waals surface area contributed by atoms with Crippen LogP contribution >= 0.6 is 18.2 Å². The summed E-state index contributed by atoms with van der Waals surface area (Å²) in [6, 6.07) is 25.2. The lowest BCUT2D eigenvalue weighted by Crippen LogP contribution is -2.50. The molecule has 0 amide bonds. The highest BCUT2D eigenvalue weighted by molar-refractivity contribution is 8.54. The van der Waals surface area contributed by atoms with Crippen molar-refractivity contribution in [3.63, 3.8) is 0 Å². The Hall–Kier alpha value is -3.90. The molecular formula is C58H76N2O9PS-. The summed E-state index contributed by atoms with van der Waals surface area (Å²) in [4.78, 5) is 42.7. The molecule has 1 aromatic heterocycles. The molecule has 5 aliphatic rings. The number of H-pyrrole nitrogens is 1. The van der Waals surface area contributed by atoms with Gasteiger partial charge in [-0.1, -0.05) is 132 Å². The van der Waals surface area contributed by atoms with Gasteiger partial charge in [-0.25, -0.2) is 4.79 Å². The minimum absolute atomic E-state index is 0.0320. The molecule has 3 saturated carbocycles. The van der Waals surface area contributed by atoms with Crippen molar-refractivity contribution in [2.45, 2.75) is 148 Å². The maximum absolute atomic E-state index is 14.5. The molecule has 0 radical (unpaired) electrons. The topological polar surface area (TPSA) is 141 Å². The molecule has 1 saturated heterocycles. The zero-order valence-corrected chi connectivity index (χ0v) is 44.8. The summed E-state index contributed by atoms with van der Waals surface area (Å²) in [6.07, 6.45) is 14.0. The van der Waals surface area contributed by atoms with Crippen LogP contribution < -0.4 is 25.6 Å². The van der Waals surface area contributed by atoms with Crippen LogP contribution in [0, 0.1) is 53.3 Å². The van der Waals surface area contributed by atoms with E-state index in [0.29, 0.717) is 34.3 Å². The number of methoxy groups -OCH3 is 2. The molecule has 3 aromatic carbocycles. The molecule has 4 fully saturated rings. The number of ether oxygens (including phenoxy) is 4. The Balaban J connectivity index is 0.953. The van der Waals surface area contributed by atoms with E-state index in [2.05, 4.69) is 45.7 Å². The molecule has 1 unspecified atom stereocenters. The van der Waals surface area contributed by atoms with Gasteiger partial charge in [0.15, 0.2) is 6.80 Å². The van der Waals surface area contributed by atoms with Crippen molar-refractivity contribution in [1.29, 1.82) is 0 Å². The second-order valence-electron chi connectivity index (χ2n) is 22.5. The summed E-state index contributed by atoms with van der Waals surface area (Å²) in [7, 11) is 3.24. The molecule has 9 rings (SSSR count). The Bertz CT molecular complexity index is 2620. The van der Waals surface area contributed by atoms with Crippen LogP contribution in [-0.2, 0) is 24.2 Å². The molecule has 2 heterocycles. The highest BCUT2D eigenvalue weighted by Crippen LogP contribution is 2.69. The fourth-order valence-electron chi connectivity index (χ4n) is 14.3. The maximum atomic E-state index is 14.5. The fraction of sp³-hybridized carbons (Fsp3) is 0.586. The highest BCUT2D eigenvalue weighted by Gasteiger charge is 2.59. The van der Waals surface area contributed by atoms with Crippen LogP contribution in [0.2, 0.25) is 0 Å². The quantitative estimate of drug-likeness (QED) is 0.0582. The van der Waals surface area contributed by atoms with Gasteiger partial charge in [-0.05, 0) is 146 Å². The smallest absolute Gasteiger partial charge is 0.330 e. The highest BCUT2D eigenvalue weighted by atomic mass is 32.7. The van der Waals surface area contributed by atoms with E-state index >= 15 is 0 Å². The third-order valence-electron chi connectivity index (χ3n) is 18.1. The zero-order valence-electron chi connectivity index (χ0n) is 43.1. The van der Waals surface area contributed by atoms with E-state index in [0.717, 1.165) is 77.4 Å². The first-order chi connectivity index (χ1) is 34.0. The van der Waals surface area contributed by atoms with E-state index in [1.165, 1.54) is 61.3 Å². The van der Waals surface area contributed by atoms with E-state index in [4.69, 9.17) is 23.5 Å². The number of rotatable bonds is 18. The van der Waals surface area contributed by atoms with Crippen molar-refractivity contribution < 1.29 is 32.9 Å². The van der Waals surface area contributed by atoms with Crippen molar-refractivity contribution in [3.8, 4) is 11.5 Å². The van der Waals surface area contributed by atoms with Gasteiger partial charge < -0.3 is 28.4 Å². The SMILES string of the molecule is COc1ccc(C(OC[C@H]2O[C@@H](n3cc(C)c(=O)[nH]c3=O)C[C@@H]2OP(=O)([O-])S[C@H]2CC[C@@]3(C)C(=CC[C@H]4[C@@H]5CC[C@H]([C@H](C)CCCC(C)C)[C@@]5(C)CC[C@@H]43)C2)(c2ccccc2)c2ccc(OC)cc2)cc1. The van der Waals surface area contributed by atoms with E-state index < -0.39 is 42.1 Å². The number of allylic oxidation sites excluding steroid dienone is 2. The Morgan fingerprint density at radius 2 is 1.54 bits per heavy atom. The number of hydrogen-bond acceptors (Lipinski definition) is 10. The summed E-state index contributed by atoms with van der Waals surface area (Å²) in [5.41, 5.74) is 2.27. The Morgan fingerprint density at radius 3 is 2.18 bits per heavy atom. The van der Waals surface area contributed by atoms with Gasteiger partial charge in [0.1, 0.15) is 29.4 Å². The van der Waals surface area contributed by atoms with Crippen LogP contribution in [0.1, 0.15) is 140 Å². The van der Waals surface area contributed by atoms with Crippen LogP contribution in [0.15, 0.2) is 106 Å². The zero-order chi connectivity index (χ0) is 50.3. The first-order valence-corrected chi connectivity index (χ1v) is 29.3. The molecule has 384 valence electrons. The van der Waals surface area contributed by atoms with Gasteiger partial charge in [-0.3, -0.25) is 18.9 Å². The van der Waals surface area contributed by atoms with E-state index in [9.17, 15) is 19.0 Å². The van der Waals surface area contributed by atoms with Crippen LogP contribution in [0.5, 0.6) is 11.5 Å². The molecule has 12 atom stereocenters. The van der Waals surface area contributed by atoms with Crippen LogP contribution in [0.25, 0.3) is 0 Å². The summed E-state index contributed by atoms with van der Waals surface area (Å²) in [5, 5.41) is -0.154. The molecule has 0 bridgehead atoms. The van der Waals surface area contributed by atoms with Gasteiger partial charge in [-0.15, -0.1) is 0 Å². The average Bonchev–Trinajstić information content (AvgIpc) is 3.93. The predicted octanol–water partition coefficient (Wildman–Crippen LogP) is 12.2. The van der Waals surface area contributed by atoms with Crippen molar-refractivity contribution in [2.24, 2.45) is 46.3 Å². The number of aromatic nitrogens is 2. The normalized spacial score (nSPS) is 30.7. The first kappa shape index (κ1) is 52.0. The van der Waals surface area contributed by atoms with Crippen LogP contribution in [0.3, 0.4) is 0 Å². The summed E-state index contributed by atoms with van der Waals surface area (Å²) < 4.78 is 47.1. The molecular weight excluding hydrogens is 932 g/mol. The lowest BCUT2D eigenvalue weighted by atomic mass is 9.47. The first-order valence-electron chi connectivity index (χ1n) is 26.3. The Morgan fingerprint density at radius 1 is 0.873 bits per heavy atom. The number of aryl methyl sites for hydroxylation is 1. The number of benzene rings is 3. The summed E-state index contributed by atoms with van der Waals surface area (Å²) in [5.74, 6) is 5.76. The second-order valence-corrected chi connectivity index (χ2v) is 26.5.